The molecule has 8 nitrogen and oxygen atoms in total. The fourth-order valence-electron chi connectivity index (χ4n) is 4.37. The minimum atomic E-state index is -1.03. The predicted octanol–water partition coefficient (Wildman–Crippen LogP) is 3.69. The van der Waals surface area contributed by atoms with E-state index in [2.05, 4.69) is 22.8 Å². The molecule has 0 heterocycles. The number of carbonyl (C=O) groups excluding carboxylic acids is 2. The molecule has 34 heavy (non-hydrogen) atoms. The summed E-state index contributed by atoms with van der Waals surface area (Å²) in [5.74, 6) is -1.61. The summed E-state index contributed by atoms with van der Waals surface area (Å²) in [6.07, 6.45) is -0.359. The maximum Gasteiger partial charge on any atom is 0.407 e. The van der Waals surface area contributed by atoms with Crippen LogP contribution in [-0.2, 0) is 19.1 Å². The number of carbonyl (C=O) groups is 3. The fourth-order valence-corrected chi connectivity index (χ4v) is 4.37. The van der Waals surface area contributed by atoms with Gasteiger partial charge in [-0.05, 0) is 35.6 Å². The fraction of sp³-hybridized carbons (Fsp3) is 0.423. The minimum absolute atomic E-state index is 0.102. The number of methoxy groups -OCH3 is 1. The Morgan fingerprint density at radius 3 is 2.12 bits per heavy atom. The number of hydrogen-bond acceptors (Lipinski definition) is 5. The molecule has 8 heteroatoms. The van der Waals surface area contributed by atoms with Crippen molar-refractivity contribution < 1.29 is 29.0 Å². The van der Waals surface area contributed by atoms with Gasteiger partial charge in [0.1, 0.15) is 12.6 Å². The predicted molar refractivity (Wildman–Crippen MR) is 128 cm³/mol. The molecule has 0 saturated carbocycles. The van der Waals surface area contributed by atoms with Crippen molar-refractivity contribution in [2.75, 3.05) is 13.7 Å². The summed E-state index contributed by atoms with van der Waals surface area (Å²) < 4.78 is 10.8. The zero-order valence-corrected chi connectivity index (χ0v) is 19.7. The number of amides is 2. The average molecular weight is 469 g/mol. The average Bonchev–Trinajstić information content (AvgIpc) is 3.14. The highest BCUT2D eigenvalue weighted by Crippen LogP contribution is 2.44. The number of carboxylic acid groups (broad SMARTS) is 1. The van der Waals surface area contributed by atoms with E-state index in [1.807, 2.05) is 43.3 Å². The molecule has 3 atom stereocenters. The van der Waals surface area contributed by atoms with E-state index in [0.717, 1.165) is 22.3 Å². The number of aliphatic carboxylic acids is 1. The minimum Gasteiger partial charge on any atom is -0.481 e. The number of ether oxygens (including phenoxy) is 2. The first-order chi connectivity index (χ1) is 16.3. The van der Waals surface area contributed by atoms with Gasteiger partial charge in [0.2, 0.25) is 5.91 Å². The number of benzene rings is 2. The van der Waals surface area contributed by atoms with E-state index in [9.17, 15) is 14.4 Å². The van der Waals surface area contributed by atoms with Crippen molar-refractivity contribution in [1.29, 1.82) is 0 Å². The Morgan fingerprint density at radius 1 is 1.00 bits per heavy atom. The van der Waals surface area contributed by atoms with Crippen LogP contribution in [0.15, 0.2) is 48.5 Å². The Balaban J connectivity index is 1.66. The van der Waals surface area contributed by atoms with E-state index in [0.29, 0.717) is 12.8 Å². The topological polar surface area (TPSA) is 114 Å². The zero-order chi connectivity index (χ0) is 24.7. The van der Waals surface area contributed by atoms with Gasteiger partial charge < -0.3 is 25.2 Å². The van der Waals surface area contributed by atoms with Gasteiger partial charge >= 0.3 is 12.1 Å². The van der Waals surface area contributed by atoms with Gasteiger partial charge in [-0.2, -0.15) is 0 Å². The molecule has 0 fully saturated rings. The lowest BCUT2D eigenvalue weighted by Crippen LogP contribution is -2.55. The van der Waals surface area contributed by atoms with Gasteiger partial charge in [0.25, 0.3) is 0 Å². The monoisotopic (exact) mass is 468 g/mol. The Bertz CT molecular complexity index is 978. The third-order valence-corrected chi connectivity index (χ3v) is 6.15. The molecule has 2 aromatic rings. The van der Waals surface area contributed by atoms with E-state index >= 15 is 0 Å². The summed E-state index contributed by atoms with van der Waals surface area (Å²) in [5.41, 5.74) is 4.43. The molecule has 182 valence electrons. The van der Waals surface area contributed by atoms with Gasteiger partial charge in [-0.25, -0.2) is 4.79 Å². The van der Waals surface area contributed by atoms with Crippen LogP contribution < -0.4 is 10.6 Å². The third-order valence-electron chi connectivity index (χ3n) is 6.15. The standard InChI is InChI=1S/C26H32N2O6/c1-4-9-17(14-23(29)30)27-25(31)24(16(2)33-3)28-26(32)34-15-22-20-12-7-5-10-18(20)19-11-6-8-13-21(19)22/h5-8,10-13,16-17,22,24H,4,9,14-15H2,1-3H3,(H,27,31)(H,28,32)(H,29,30)/t16-,17+,24+/m1/s1. The first kappa shape index (κ1) is 25.2. The van der Waals surface area contributed by atoms with Crippen molar-refractivity contribution in [3.8, 4) is 11.1 Å². The number of rotatable bonds is 11. The Hall–Kier alpha value is -3.39. The smallest absolute Gasteiger partial charge is 0.407 e. The molecule has 0 unspecified atom stereocenters. The summed E-state index contributed by atoms with van der Waals surface area (Å²) >= 11 is 0. The maximum atomic E-state index is 12.9. The molecule has 0 saturated heterocycles. The quantitative estimate of drug-likeness (QED) is 0.464. The number of carboxylic acids is 1. The molecule has 0 spiro atoms. The van der Waals surface area contributed by atoms with Crippen LogP contribution in [0.1, 0.15) is 50.2 Å². The van der Waals surface area contributed by atoms with Gasteiger partial charge in [-0.3, -0.25) is 9.59 Å². The molecule has 3 rings (SSSR count). The van der Waals surface area contributed by atoms with Crippen LogP contribution in [0, 0.1) is 0 Å². The van der Waals surface area contributed by atoms with Crippen LogP contribution in [-0.4, -0.2) is 55.0 Å². The highest BCUT2D eigenvalue weighted by atomic mass is 16.5. The molecule has 1 aliphatic rings. The highest BCUT2D eigenvalue weighted by Gasteiger charge is 2.32. The van der Waals surface area contributed by atoms with Crippen molar-refractivity contribution in [2.45, 2.75) is 57.2 Å². The third kappa shape index (κ3) is 5.94. The molecule has 0 aromatic heterocycles. The number of fused-ring (bicyclic) bond motifs is 3. The van der Waals surface area contributed by atoms with E-state index in [1.165, 1.54) is 7.11 Å². The number of hydrogen-bond donors (Lipinski definition) is 3. The van der Waals surface area contributed by atoms with Crippen molar-refractivity contribution in [3.63, 3.8) is 0 Å². The Morgan fingerprint density at radius 2 is 1.59 bits per heavy atom. The first-order valence-electron chi connectivity index (χ1n) is 11.5. The second kappa shape index (κ2) is 11.7. The van der Waals surface area contributed by atoms with Crippen LogP contribution in [0.2, 0.25) is 0 Å². The molecular weight excluding hydrogens is 436 g/mol. The molecule has 0 aliphatic heterocycles. The second-order valence-electron chi connectivity index (χ2n) is 8.48. The molecule has 0 bridgehead atoms. The van der Waals surface area contributed by atoms with Crippen LogP contribution in [0.25, 0.3) is 11.1 Å². The lowest BCUT2D eigenvalue weighted by atomic mass is 9.98. The summed E-state index contributed by atoms with van der Waals surface area (Å²) in [4.78, 5) is 36.7. The van der Waals surface area contributed by atoms with E-state index < -0.39 is 36.2 Å². The van der Waals surface area contributed by atoms with Gasteiger partial charge in [0.05, 0.1) is 12.5 Å². The second-order valence-corrected chi connectivity index (χ2v) is 8.48. The van der Waals surface area contributed by atoms with E-state index in [-0.39, 0.29) is 18.9 Å². The van der Waals surface area contributed by atoms with E-state index in [4.69, 9.17) is 14.6 Å². The molecule has 1 aliphatic carbocycles. The molecular formula is C26H32N2O6. The summed E-state index contributed by atoms with van der Waals surface area (Å²) in [5, 5.41) is 14.4. The largest absolute Gasteiger partial charge is 0.481 e. The summed E-state index contributed by atoms with van der Waals surface area (Å²) in [6.45, 7) is 3.68. The summed E-state index contributed by atoms with van der Waals surface area (Å²) in [6, 6.07) is 14.5. The van der Waals surface area contributed by atoms with Gasteiger partial charge in [-0.1, -0.05) is 61.9 Å². The van der Waals surface area contributed by atoms with Gasteiger partial charge in [-0.15, -0.1) is 0 Å². The van der Waals surface area contributed by atoms with Crippen molar-refractivity contribution in [3.05, 3.63) is 59.7 Å². The van der Waals surface area contributed by atoms with Gasteiger partial charge in [0.15, 0.2) is 0 Å². The van der Waals surface area contributed by atoms with Crippen molar-refractivity contribution >= 4 is 18.0 Å². The van der Waals surface area contributed by atoms with Crippen LogP contribution >= 0.6 is 0 Å². The van der Waals surface area contributed by atoms with Crippen molar-refractivity contribution in [2.24, 2.45) is 0 Å². The Labute approximate surface area is 199 Å². The molecule has 0 radical (unpaired) electrons. The number of alkyl carbamates (subject to hydrolysis) is 1. The zero-order valence-electron chi connectivity index (χ0n) is 19.7. The molecule has 2 amide bonds. The molecule has 2 aromatic carbocycles. The highest BCUT2D eigenvalue weighted by molar-refractivity contribution is 5.87. The maximum absolute atomic E-state index is 12.9. The SMILES string of the molecule is CCC[C@@H](CC(=O)O)NC(=O)[C@@H](NC(=O)OCC1c2ccccc2-c2ccccc21)[C@@H](C)OC. The lowest BCUT2D eigenvalue weighted by Gasteiger charge is -2.26. The Kier molecular flexibility index (Phi) is 8.65. The van der Waals surface area contributed by atoms with Crippen molar-refractivity contribution in [1.82, 2.24) is 10.6 Å². The number of nitrogens with one attached hydrogen (secondary N) is 2. The van der Waals surface area contributed by atoms with E-state index in [1.54, 1.807) is 6.92 Å². The van der Waals surface area contributed by atoms with Crippen LogP contribution in [0.5, 0.6) is 0 Å². The van der Waals surface area contributed by atoms with Crippen LogP contribution in [0.4, 0.5) is 4.79 Å². The van der Waals surface area contributed by atoms with Crippen LogP contribution in [0.3, 0.4) is 0 Å². The normalized spacial score (nSPS) is 14.9. The summed E-state index contributed by atoms with van der Waals surface area (Å²) in [7, 11) is 1.44. The lowest BCUT2D eigenvalue weighted by molar-refractivity contribution is -0.138. The first-order valence-corrected chi connectivity index (χ1v) is 11.5. The molecule has 3 N–H and O–H groups in total. The van der Waals surface area contributed by atoms with Gasteiger partial charge in [0, 0.05) is 19.1 Å².